The van der Waals surface area contributed by atoms with Gasteiger partial charge in [0, 0.05) is 12.7 Å². The molecule has 1 aliphatic carbocycles. The van der Waals surface area contributed by atoms with Crippen LogP contribution in [0.3, 0.4) is 0 Å². The predicted molar refractivity (Wildman–Crippen MR) is 68.7 cm³/mol. The second-order valence-corrected chi connectivity index (χ2v) is 4.64. The molecule has 3 rings (SSSR count). The van der Waals surface area contributed by atoms with Crippen molar-refractivity contribution in [2.75, 3.05) is 12.4 Å². The summed E-state index contributed by atoms with van der Waals surface area (Å²) in [6, 6.07) is 0. The number of nitrogens with zero attached hydrogens (tertiary/aromatic N) is 3. The van der Waals surface area contributed by atoms with E-state index in [1.165, 1.54) is 23.2 Å². The van der Waals surface area contributed by atoms with Crippen LogP contribution in [-0.2, 0) is 12.8 Å². The van der Waals surface area contributed by atoms with Gasteiger partial charge in [-0.15, -0.1) is 0 Å². The lowest BCUT2D eigenvalue weighted by atomic mass is 10.1. The Kier molecular flexibility index (Phi) is 2.40. The molecule has 1 N–H and O–H groups in total. The van der Waals surface area contributed by atoms with Crippen LogP contribution < -0.4 is 5.32 Å². The second-order valence-electron chi connectivity index (χ2n) is 4.31. The number of nitrogens with one attached hydrogen (secondary N) is 1. The van der Waals surface area contributed by atoms with Gasteiger partial charge in [-0.25, -0.2) is 9.97 Å². The van der Waals surface area contributed by atoms with Gasteiger partial charge in [0.1, 0.15) is 5.82 Å². The number of hydrogen-bond donors (Lipinski definition) is 1. The normalized spacial score (nSPS) is 14.1. The van der Waals surface area contributed by atoms with Crippen molar-refractivity contribution in [1.29, 1.82) is 0 Å². The highest BCUT2D eigenvalue weighted by Crippen LogP contribution is 2.32. The lowest BCUT2D eigenvalue weighted by Gasteiger charge is -2.11. The molecule has 0 fully saturated rings. The summed E-state index contributed by atoms with van der Waals surface area (Å²) in [6.07, 6.45) is 3.33. The Morgan fingerprint density at radius 3 is 2.76 bits per heavy atom. The molecule has 4 nitrogen and oxygen atoms in total. The largest absolute Gasteiger partial charge is 0.372 e. The molecule has 0 aromatic carbocycles. The van der Waals surface area contributed by atoms with E-state index < -0.39 is 0 Å². The van der Waals surface area contributed by atoms with E-state index >= 15 is 0 Å². The van der Waals surface area contributed by atoms with Crippen molar-refractivity contribution >= 4 is 28.5 Å². The highest BCUT2D eigenvalue weighted by molar-refractivity contribution is 6.28. The number of pyridine rings is 1. The molecule has 0 bridgehead atoms. The molecular formula is C12H13ClN4. The molecule has 2 heterocycles. The van der Waals surface area contributed by atoms with Gasteiger partial charge in [-0.3, -0.25) is 0 Å². The first kappa shape index (κ1) is 10.7. The molecular weight excluding hydrogens is 236 g/mol. The van der Waals surface area contributed by atoms with Crippen LogP contribution in [0.25, 0.3) is 11.0 Å². The Morgan fingerprint density at radius 1 is 1.18 bits per heavy atom. The van der Waals surface area contributed by atoms with Crippen LogP contribution in [0.1, 0.15) is 23.2 Å². The monoisotopic (exact) mass is 248 g/mol. The van der Waals surface area contributed by atoms with Crippen LogP contribution in [0.5, 0.6) is 0 Å². The summed E-state index contributed by atoms with van der Waals surface area (Å²) in [4.78, 5) is 13.0. The summed E-state index contributed by atoms with van der Waals surface area (Å²) in [5.74, 6) is 0.764. The fourth-order valence-electron chi connectivity index (χ4n) is 2.56. The Labute approximate surface area is 104 Å². The number of hydrogen-bond acceptors (Lipinski definition) is 4. The minimum absolute atomic E-state index is 0.242. The molecule has 88 valence electrons. The minimum atomic E-state index is 0.242. The first-order chi connectivity index (χ1) is 8.20. The topological polar surface area (TPSA) is 50.7 Å². The average molecular weight is 249 g/mol. The zero-order valence-electron chi connectivity index (χ0n) is 9.84. The van der Waals surface area contributed by atoms with Gasteiger partial charge in [-0.2, -0.15) is 4.98 Å². The molecule has 0 saturated heterocycles. The molecule has 1 aliphatic rings. The van der Waals surface area contributed by atoms with E-state index in [1.54, 1.807) is 0 Å². The van der Waals surface area contributed by atoms with Crippen molar-refractivity contribution in [2.24, 2.45) is 0 Å². The van der Waals surface area contributed by atoms with Crippen molar-refractivity contribution in [2.45, 2.75) is 26.2 Å². The lowest BCUT2D eigenvalue weighted by molar-refractivity contribution is 0.899. The summed E-state index contributed by atoms with van der Waals surface area (Å²) in [5.41, 5.74) is 4.47. The first-order valence-electron chi connectivity index (χ1n) is 5.74. The highest BCUT2D eigenvalue weighted by Gasteiger charge is 2.20. The number of rotatable bonds is 1. The molecule has 2 aromatic heterocycles. The van der Waals surface area contributed by atoms with Gasteiger partial charge >= 0.3 is 0 Å². The predicted octanol–water partition coefficient (Wildman–Crippen LogP) is 2.52. The van der Waals surface area contributed by atoms with E-state index in [0.717, 1.165) is 24.0 Å². The zero-order valence-corrected chi connectivity index (χ0v) is 10.6. The highest BCUT2D eigenvalue weighted by atomic mass is 35.5. The van der Waals surface area contributed by atoms with Crippen LogP contribution in [0, 0.1) is 6.92 Å². The van der Waals surface area contributed by atoms with E-state index in [-0.39, 0.29) is 5.28 Å². The van der Waals surface area contributed by atoms with Crippen molar-refractivity contribution in [3.63, 3.8) is 0 Å². The fraction of sp³-hybridized carbons (Fsp3) is 0.417. The number of anilines is 1. The molecule has 0 aliphatic heterocycles. The quantitative estimate of drug-likeness (QED) is 0.788. The van der Waals surface area contributed by atoms with E-state index in [9.17, 15) is 0 Å². The van der Waals surface area contributed by atoms with Gasteiger partial charge in [0.15, 0.2) is 5.65 Å². The molecule has 0 saturated carbocycles. The Morgan fingerprint density at radius 2 is 2.00 bits per heavy atom. The van der Waals surface area contributed by atoms with E-state index in [1.807, 2.05) is 7.05 Å². The van der Waals surface area contributed by atoms with Crippen molar-refractivity contribution in [3.05, 3.63) is 22.1 Å². The van der Waals surface area contributed by atoms with E-state index in [0.29, 0.717) is 5.65 Å². The van der Waals surface area contributed by atoms with Crippen LogP contribution in [0.15, 0.2) is 0 Å². The zero-order chi connectivity index (χ0) is 12.0. The minimum Gasteiger partial charge on any atom is -0.372 e. The average Bonchev–Trinajstić information content (AvgIpc) is 2.76. The second kappa shape index (κ2) is 3.81. The molecule has 5 heteroatoms. The van der Waals surface area contributed by atoms with Crippen LogP contribution >= 0.6 is 11.6 Å². The number of aryl methyl sites for hydroxylation is 2. The molecule has 0 amide bonds. The Hall–Kier alpha value is -1.42. The van der Waals surface area contributed by atoms with Crippen LogP contribution in [0.4, 0.5) is 5.82 Å². The van der Waals surface area contributed by atoms with Crippen molar-refractivity contribution < 1.29 is 0 Å². The van der Waals surface area contributed by atoms with Gasteiger partial charge in [0.25, 0.3) is 0 Å². The summed E-state index contributed by atoms with van der Waals surface area (Å²) in [7, 11) is 1.84. The molecule has 0 spiro atoms. The molecule has 0 atom stereocenters. The summed E-state index contributed by atoms with van der Waals surface area (Å²) in [5, 5.41) is 4.31. The van der Waals surface area contributed by atoms with Crippen molar-refractivity contribution in [1.82, 2.24) is 15.0 Å². The lowest BCUT2D eigenvalue weighted by Crippen LogP contribution is -2.02. The SMILES string of the molecule is CNc1nc(Cl)nc2nc3c(c(C)c12)CCC3. The maximum atomic E-state index is 5.90. The first-order valence-corrected chi connectivity index (χ1v) is 6.12. The smallest absolute Gasteiger partial charge is 0.226 e. The summed E-state index contributed by atoms with van der Waals surface area (Å²) >= 11 is 5.90. The molecule has 0 radical (unpaired) electrons. The summed E-state index contributed by atoms with van der Waals surface area (Å²) in [6.45, 7) is 2.12. The standard InChI is InChI=1S/C12H13ClN4/c1-6-7-4-3-5-8(7)15-11-9(6)10(14-2)16-12(13)17-11/h3-5H2,1-2H3,(H,14,15,16,17). The van der Waals surface area contributed by atoms with Gasteiger partial charge in [-0.05, 0) is 48.9 Å². The number of aromatic nitrogens is 3. The Balaban J connectivity index is 2.43. The van der Waals surface area contributed by atoms with Crippen LogP contribution in [-0.4, -0.2) is 22.0 Å². The third-order valence-corrected chi connectivity index (χ3v) is 3.53. The fourth-order valence-corrected chi connectivity index (χ4v) is 2.73. The third-order valence-electron chi connectivity index (χ3n) is 3.36. The van der Waals surface area contributed by atoms with Gasteiger partial charge in [-0.1, -0.05) is 0 Å². The van der Waals surface area contributed by atoms with Gasteiger partial charge in [0.2, 0.25) is 5.28 Å². The van der Waals surface area contributed by atoms with Gasteiger partial charge in [0.05, 0.1) is 5.39 Å². The van der Waals surface area contributed by atoms with E-state index in [4.69, 9.17) is 11.6 Å². The number of halogens is 1. The molecule has 2 aromatic rings. The van der Waals surface area contributed by atoms with Gasteiger partial charge < -0.3 is 5.32 Å². The molecule has 0 unspecified atom stereocenters. The van der Waals surface area contributed by atoms with E-state index in [2.05, 4.69) is 27.2 Å². The maximum absolute atomic E-state index is 5.90. The molecule has 17 heavy (non-hydrogen) atoms. The third kappa shape index (κ3) is 1.55. The Bertz CT molecular complexity index is 609. The van der Waals surface area contributed by atoms with Crippen molar-refractivity contribution in [3.8, 4) is 0 Å². The van der Waals surface area contributed by atoms with Crippen LogP contribution in [0.2, 0.25) is 5.28 Å². The number of fused-ring (bicyclic) bond motifs is 2. The maximum Gasteiger partial charge on any atom is 0.226 e. The summed E-state index contributed by atoms with van der Waals surface area (Å²) < 4.78 is 0.